The van der Waals surface area contributed by atoms with Crippen LogP contribution in [0.25, 0.3) is 0 Å². The van der Waals surface area contributed by atoms with E-state index in [0.29, 0.717) is 5.92 Å². The molecule has 0 spiro atoms. The highest BCUT2D eigenvalue weighted by Gasteiger charge is 2.28. The minimum atomic E-state index is 0.639. The first-order valence-electron chi connectivity index (χ1n) is 6.32. The average molecular weight is 231 g/mol. The number of fused-ring (bicyclic) bond motifs is 1. The molecule has 2 aliphatic rings. The van der Waals surface area contributed by atoms with Gasteiger partial charge in [-0.25, -0.2) is 0 Å². The summed E-state index contributed by atoms with van der Waals surface area (Å²) in [6.07, 6.45) is 4.15. The Bertz CT molecular complexity index is 198. The summed E-state index contributed by atoms with van der Waals surface area (Å²) in [7, 11) is 0. The molecule has 0 saturated carbocycles. The fourth-order valence-corrected chi connectivity index (χ4v) is 3.04. The third-order valence-corrected chi connectivity index (χ3v) is 4.25. The maximum Gasteiger partial charge on any atom is 0.0261 e. The van der Waals surface area contributed by atoms with Crippen LogP contribution in [-0.4, -0.2) is 54.4 Å². The molecule has 0 N–H and O–H groups in total. The average Bonchev–Trinajstić information content (AvgIpc) is 2.58. The lowest BCUT2D eigenvalue weighted by molar-refractivity contribution is 0.206. The summed E-state index contributed by atoms with van der Waals surface area (Å²) in [6, 6.07) is 0.843. The summed E-state index contributed by atoms with van der Waals surface area (Å²) in [5, 5.41) is 0. The van der Waals surface area contributed by atoms with Crippen molar-refractivity contribution in [2.45, 2.75) is 32.2 Å². The summed E-state index contributed by atoms with van der Waals surface area (Å²) in [6.45, 7) is 8.65. The third-order valence-electron chi connectivity index (χ3n) is 3.72. The second-order valence-corrected chi connectivity index (χ2v) is 5.51. The number of alkyl halides is 1. The second kappa shape index (κ2) is 5.51. The van der Waals surface area contributed by atoms with Crippen LogP contribution in [0.1, 0.15) is 26.2 Å². The predicted octanol–water partition coefficient (Wildman–Crippen LogP) is 2.03. The maximum absolute atomic E-state index is 5.89. The second-order valence-electron chi connectivity index (χ2n) is 5.20. The molecule has 88 valence electrons. The number of halogens is 1. The summed E-state index contributed by atoms with van der Waals surface area (Å²) in [5.74, 6) is 1.44. The van der Waals surface area contributed by atoms with Gasteiger partial charge in [0, 0.05) is 25.0 Å². The molecular weight excluding hydrogens is 208 g/mol. The summed E-state index contributed by atoms with van der Waals surface area (Å²) >= 11 is 5.89. The van der Waals surface area contributed by atoms with E-state index in [2.05, 4.69) is 16.7 Å². The van der Waals surface area contributed by atoms with E-state index in [4.69, 9.17) is 11.6 Å². The van der Waals surface area contributed by atoms with Gasteiger partial charge in [-0.2, -0.15) is 0 Å². The Labute approximate surface area is 98.6 Å². The van der Waals surface area contributed by atoms with Gasteiger partial charge in [0.25, 0.3) is 0 Å². The van der Waals surface area contributed by atoms with Crippen LogP contribution in [0.4, 0.5) is 0 Å². The van der Waals surface area contributed by atoms with Crippen molar-refractivity contribution in [2.24, 2.45) is 5.92 Å². The quantitative estimate of drug-likeness (QED) is 0.685. The van der Waals surface area contributed by atoms with Crippen LogP contribution in [0, 0.1) is 5.92 Å². The van der Waals surface area contributed by atoms with Crippen molar-refractivity contribution in [3.05, 3.63) is 0 Å². The van der Waals surface area contributed by atoms with Gasteiger partial charge in [0.1, 0.15) is 0 Å². The molecule has 2 rings (SSSR count). The molecule has 2 heterocycles. The first kappa shape index (κ1) is 11.7. The highest BCUT2D eigenvalue weighted by Crippen LogP contribution is 2.21. The van der Waals surface area contributed by atoms with E-state index in [1.807, 2.05) is 0 Å². The topological polar surface area (TPSA) is 6.48 Å². The molecule has 2 aliphatic heterocycles. The minimum absolute atomic E-state index is 0.639. The Kier molecular flexibility index (Phi) is 4.30. The van der Waals surface area contributed by atoms with Gasteiger partial charge in [-0.1, -0.05) is 6.92 Å². The lowest BCUT2D eigenvalue weighted by Crippen LogP contribution is -2.38. The molecular formula is C12H23ClN2. The molecule has 0 aromatic rings. The number of nitrogens with zero attached hydrogens (tertiary/aromatic N) is 2. The zero-order valence-corrected chi connectivity index (χ0v) is 10.5. The highest BCUT2D eigenvalue weighted by atomic mass is 35.5. The molecule has 0 radical (unpaired) electrons. The first-order chi connectivity index (χ1) is 7.29. The summed E-state index contributed by atoms with van der Waals surface area (Å²) in [4.78, 5) is 5.31. The predicted molar refractivity (Wildman–Crippen MR) is 65.5 cm³/mol. The number of hydrogen-bond donors (Lipinski definition) is 0. The van der Waals surface area contributed by atoms with E-state index in [-0.39, 0.29) is 0 Å². The summed E-state index contributed by atoms with van der Waals surface area (Å²) < 4.78 is 0. The van der Waals surface area contributed by atoms with Gasteiger partial charge in [-0.3, -0.25) is 4.90 Å². The van der Waals surface area contributed by atoms with Gasteiger partial charge in [-0.05, 0) is 44.8 Å². The smallest absolute Gasteiger partial charge is 0.0261 e. The van der Waals surface area contributed by atoms with Crippen LogP contribution in [0.15, 0.2) is 0 Å². The van der Waals surface area contributed by atoms with Crippen molar-refractivity contribution >= 4 is 11.6 Å². The SMILES string of the molecule is CC(CCl)CN1CCCN2CCCC2C1. The normalized spacial score (nSPS) is 31.2. The van der Waals surface area contributed by atoms with Crippen molar-refractivity contribution in [1.29, 1.82) is 0 Å². The van der Waals surface area contributed by atoms with Gasteiger partial charge in [0.05, 0.1) is 0 Å². The van der Waals surface area contributed by atoms with Crippen LogP contribution in [-0.2, 0) is 0 Å². The Morgan fingerprint density at radius 3 is 2.87 bits per heavy atom. The number of hydrogen-bond acceptors (Lipinski definition) is 2. The molecule has 0 amide bonds. The molecule has 0 aromatic carbocycles. The lowest BCUT2D eigenvalue weighted by atomic mass is 10.1. The van der Waals surface area contributed by atoms with Crippen LogP contribution >= 0.6 is 11.6 Å². The molecule has 2 saturated heterocycles. The Balaban J connectivity index is 1.85. The Hall–Kier alpha value is 0.210. The molecule has 0 bridgehead atoms. The number of rotatable bonds is 3. The molecule has 2 atom stereocenters. The molecule has 0 aromatic heterocycles. The summed E-state index contributed by atoms with van der Waals surface area (Å²) in [5.41, 5.74) is 0. The van der Waals surface area contributed by atoms with E-state index in [1.54, 1.807) is 0 Å². The van der Waals surface area contributed by atoms with Crippen LogP contribution in [0.5, 0.6) is 0 Å². The maximum atomic E-state index is 5.89. The molecule has 15 heavy (non-hydrogen) atoms. The molecule has 2 fully saturated rings. The van der Waals surface area contributed by atoms with Crippen molar-refractivity contribution in [3.8, 4) is 0 Å². The van der Waals surface area contributed by atoms with Crippen LogP contribution in [0.2, 0.25) is 0 Å². The zero-order valence-electron chi connectivity index (χ0n) is 9.79. The highest BCUT2D eigenvalue weighted by molar-refractivity contribution is 6.18. The van der Waals surface area contributed by atoms with Crippen molar-refractivity contribution in [2.75, 3.05) is 38.6 Å². The van der Waals surface area contributed by atoms with Gasteiger partial charge >= 0.3 is 0 Å². The van der Waals surface area contributed by atoms with Gasteiger partial charge in [0.2, 0.25) is 0 Å². The molecule has 2 nitrogen and oxygen atoms in total. The third kappa shape index (κ3) is 3.08. The Morgan fingerprint density at radius 2 is 2.07 bits per heavy atom. The largest absolute Gasteiger partial charge is 0.301 e. The lowest BCUT2D eigenvalue weighted by Gasteiger charge is -2.27. The Morgan fingerprint density at radius 1 is 1.27 bits per heavy atom. The van der Waals surface area contributed by atoms with Crippen LogP contribution < -0.4 is 0 Å². The zero-order chi connectivity index (χ0) is 10.7. The van der Waals surface area contributed by atoms with E-state index in [9.17, 15) is 0 Å². The van der Waals surface area contributed by atoms with Gasteiger partial charge in [-0.15, -0.1) is 11.6 Å². The van der Waals surface area contributed by atoms with Crippen molar-refractivity contribution in [1.82, 2.24) is 9.80 Å². The fourth-order valence-electron chi connectivity index (χ4n) is 2.94. The van der Waals surface area contributed by atoms with Gasteiger partial charge < -0.3 is 4.90 Å². The van der Waals surface area contributed by atoms with E-state index < -0.39 is 0 Å². The van der Waals surface area contributed by atoms with Crippen molar-refractivity contribution in [3.63, 3.8) is 0 Å². The minimum Gasteiger partial charge on any atom is -0.301 e. The fraction of sp³-hybridized carbons (Fsp3) is 1.00. The molecule has 2 unspecified atom stereocenters. The van der Waals surface area contributed by atoms with Gasteiger partial charge in [0.15, 0.2) is 0 Å². The first-order valence-corrected chi connectivity index (χ1v) is 6.85. The van der Waals surface area contributed by atoms with E-state index in [1.165, 1.54) is 52.0 Å². The standard InChI is InChI=1S/C12H23ClN2/c1-11(8-13)9-14-5-3-7-15-6-2-4-12(15)10-14/h11-12H,2-10H2,1H3. The van der Waals surface area contributed by atoms with E-state index in [0.717, 1.165) is 11.9 Å². The van der Waals surface area contributed by atoms with Crippen LogP contribution in [0.3, 0.4) is 0 Å². The van der Waals surface area contributed by atoms with E-state index >= 15 is 0 Å². The monoisotopic (exact) mass is 230 g/mol. The molecule has 0 aliphatic carbocycles. The molecule has 3 heteroatoms. The van der Waals surface area contributed by atoms with Crippen molar-refractivity contribution < 1.29 is 0 Å².